The minimum absolute atomic E-state index is 0.928. The van der Waals surface area contributed by atoms with Crippen LogP contribution < -0.4 is 0 Å². The van der Waals surface area contributed by atoms with E-state index in [1.54, 1.807) is 0 Å². The minimum Gasteiger partial charge on any atom is -0.296 e. The van der Waals surface area contributed by atoms with Crippen molar-refractivity contribution in [1.82, 2.24) is 0 Å². The lowest BCUT2D eigenvalue weighted by molar-refractivity contribution is -0.873. The van der Waals surface area contributed by atoms with Crippen molar-refractivity contribution in [3.63, 3.8) is 0 Å². The van der Waals surface area contributed by atoms with Crippen LogP contribution in [0.4, 0.5) is 0 Å². The third kappa shape index (κ3) is 3.88. The van der Waals surface area contributed by atoms with Gasteiger partial charge in [-0.2, -0.15) is 0 Å². The number of benzene rings is 1. The fraction of sp³-hybridized carbons (Fsp3) is 0.429. The normalized spacial score (nSPS) is 14.5. The van der Waals surface area contributed by atoms with Gasteiger partial charge in [-0.15, -0.1) is 0 Å². The molecule has 1 aromatic rings. The predicted octanol–water partition coefficient (Wildman–Crippen LogP) is 3.58. The van der Waals surface area contributed by atoms with Crippen molar-refractivity contribution in [3.8, 4) is 0 Å². The average molecular weight is 204 g/mol. The molecule has 0 N–H and O–H groups in total. The zero-order valence-corrected chi connectivity index (χ0v) is 9.95. The van der Waals surface area contributed by atoms with Crippen molar-refractivity contribution in [2.75, 3.05) is 13.6 Å². The summed E-state index contributed by atoms with van der Waals surface area (Å²) in [6, 6.07) is 10.6. The lowest BCUT2D eigenvalue weighted by Gasteiger charge is -2.30. The second kappa shape index (κ2) is 5.72. The van der Waals surface area contributed by atoms with Crippen LogP contribution in [0.5, 0.6) is 0 Å². The van der Waals surface area contributed by atoms with E-state index in [4.69, 9.17) is 0 Å². The van der Waals surface area contributed by atoms with E-state index in [0.717, 1.165) is 11.0 Å². The highest BCUT2D eigenvalue weighted by atomic mass is 15.3. The largest absolute Gasteiger partial charge is 0.296 e. The van der Waals surface area contributed by atoms with Crippen LogP contribution in [0, 0.1) is 0 Å². The first kappa shape index (κ1) is 12.0. The Balaban J connectivity index is 2.63. The highest BCUT2D eigenvalue weighted by Gasteiger charge is 2.17. The Bertz CT molecular complexity index is 291. The van der Waals surface area contributed by atoms with E-state index in [0.29, 0.717) is 0 Å². The summed E-state index contributed by atoms with van der Waals surface area (Å²) in [5.74, 6) is 0. The molecule has 82 valence electrons. The van der Waals surface area contributed by atoms with E-state index in [2.05, 4.69) is 57.1 Å². The van der Waals surface area contributed by atoms with E-state index in [1.807, 2.05) is 0 Å². The van der Waals surface area contributed by atoms with Gasteiger partial charge in [-0.25, -0.2) is 0 Å². The van der Waals surface area contributed by atoms with Gasteiger partial charge in [0.05, 0.1) is 19.8 Å². The summed E-state index contributed by atoms with van der Waals surface area (Å²) in [6.07, 6.45) is 4.56. The monoisotopic (exact) mass is 204 g/mol. The van der Waals surface area contributed by atoms with Crippen molar-refractivity contribution in [1.29, 1.82) is 0 Å². The number of hydrogen-bond acceptors (Lipinski definition) is 0. The third-order valence-electron chi connectivity index (χ3n) is 2.85. The lowest BCUT2D eigenvalue weighted by Crippen LogP contribution is -2.38. The molecule has 0 heterocycles. The molecule has 0 saturated carbocycles. The lowest BCUT2D eigenvalue weighted by atomic mass is 10.2. The van der Waals surface area contributed by atoms with Gasteiger partial charge in [-0.1, -0.05) is 43.7 Å². The quantitative estimate of drug-likeness (QED) is 0.621. The maximum Gasteiger partial charge on any atom is 0.108 e. The number of hydrogen-bond donors (Lipinski definition) is 0. The Hall–Kier alpha value is -1.08. The van der Waals surface area contributed by atoms with Gasteiger partial charge in [0.15, 0.2) is 0 Å². The second-order valence-electron chi connectivity index (χ2n) is 4.38. The Kier molecular flexibility index (Phi) is 4.57. The summed E-state index contributed by atoms with van der Waals surface area (Å²) in [6.45, 7) is 8.41. The molecule has 1 heteroatoms. The van der Waals surface area contributed by atoms with Gasteiger partial charge in [-0.05, 0) is 13.0 Å². The van der Waals surface area contributed by atoms with Crippen molar-refractivity contribution >= 4 is 0 Å². The van der Waals surface area contributed by atoms with Crippen LogP contribution in [0.25, 0.3) is 0 Å². The highest BCUT2D eigenvalue weighted by Crippen LogP contribution is 2.13. The van der Waals surface area contributed by atoms with Gasteiger partial charge in [0.1, 0.15) is 6.54 Å². The van der Waals surface area contributed by atoms with Crippen LogP contribution in [-0.4, -0.2) is 18.1 Å². The number of nitrogens with zero attached hydrogens (tertiary/aromatic N) is 1. The zero-order valence-electron chi connectivity index (χ0n) is 9.95. The molecule has 1 nitrogen and oxygen atoms in total. The molecule has 0 radical (unpaired) electrons. The summed E-state index contributed by atoms with van der Waals surface area (Å²) in [4.78, 5) is 0. The van der Waals surface area contributed by atoms with E-state index < -0.39 is 0 Å². The molecule has 15 heavy (non-hydrogen) atoms. The van der Waals surface area contributed by atoms with E-state index in [9.17, 15) is 0 Å². The Morgan fingerprint density at radius 2 is 1.93 bits per heavy atom. The molecule has 1 aromatic carbocycles. The van der Waals surface area contributed by atoms with E-state index >= 15 is 0 Å². The maximum absolute atomic E-state index is 3.95. The van der Waals surface area contributed by atoms with Crippen molar-refractivity contribution < 1.29 is 4.48 Å². The predicted molar refractivity (Wildman–Crippen MR) is 66.3 cm³/mol. The molecular weight excluding hydrogens is 182 g/mol. The number of quaternary nitrogens is 1. The fourth-order valence-corrected chi connectivity index (χ4v) is 1.75. The van der Waals surface area contributed by atoms with Gasteiger partial charge in [-0.3, -0.25) is 4.48 Å². The molecule has 0 aliphatic rings. The van der Waals surface area contributed by atoms with Crippen LogP contribution in [-0.2, 0) is 6.54 Å². The topological polar surface area (TPSA) is 0 Å². The second-order valence-corrected chi connectivity index (χ2v) is 4.38. The molecule has 0 bridgehead atoms. The van der Waals surface area contributed by atoms with Gasteiger partial charge >= 0.3 is 0 Å². The summed E-state index contributed by atoms with van der Waals surface area (Å²) < 4.78 is 0.928. The summed E-state index contributed by atoms with van der Waals surface area (Å²) in [5.41, 5.74) is 1.39. The van der Waals surface area contributed by atoms with E-state index in [1.165, 1.54) is 24.9 Å². The standard InChI is InChI=1S/C14H22N/c1-4-6-12-15(3,5-2)13-14-10-8-7-9-11-14/h5,7-11H,2,4,6,12-13H2,1,3H3/q+1. The molecule has 0 saturated heterocycles. The van der Waals surface area contributed by atoms with Gasteiger partial charge in [0.2, 0.25) is 0 Å². The first-order valence-corrected chi connectivity index (χ1v) is 5.72. The van der Waals surface area contributed by atoms with Crippen molar-refractivity contribution in [2.24, 2.45) is 0 Å². The zero-order chi connectivity index (χ0) is 11.1. The number of rotatable bonds is 6. The highest BCUT2D eigenvalue weighted by molar-refractivity contribution is 5.13. The molecule has 0 spiro atoms. The first-order chi connectivity index (χ1) is 7.20. The molecular formula is C14H22N+. The van der Waals surface area contributed by atoms with Crippen LogP contribution in [0.15, 0.2) is 43.1 Å². The van der Waals surface area contributed by atoms with Gasteiger partial charge in [0, 0.05) is 5.56 Å². The molecule has 0 aliphatic heterocycles. The average Bonchev–Trinajstić information content (AvgIpc) is 2.28. The van der Waals surface area contributed by atoms with Crippen LogP contribution in [0.1, 0.15) is 25.3 Å². The minimum atomic E-state index is 0.928. The van der Waals surface area contributed by atoms with Crippen molar-refractivity contribution in [3.05, 3.63) is 48.7 Å². The molecule has 0 aromatic heterocycles. The van der Waals surface area contributed by atoms with Crippen LogP contribution in [0.3, 0.4) is 0 Å². The fourth-order valence-electron chi connectivity index (χ4n) is 1.75. The first-order valence-electron chi connectivity index (χ1n) is 5.72. The Morgan fingerprint density at radius 1 is 1.27 bits per heavy atom. The van der Waals surface area contributed by atoms with Crippen molar-refractivity contribution in [2.45, 2.75) is 26.3 Å². The smallest absolute Gasteiger partial charge is 0.108 e. The SMILES string of the molecule is C=C[N+](C)(CCCC)Cc1ccccc1. The molecule has 1 rings (SSSR count). The third-order valence-corrected chi connectivity index (χ3v) is 2.85. The number of unbranched alkanes of at least 4 members (excludes halogenated alkanes) is 1. The van der Waals surface area contributed by atoms with Crippen LogP contribution in [0.2, 0.25) is 0 Å². The van der Waals surface area contributed by atoms with E-state index in [-0.39, 0.29) is 0 Å². The van der Waals surface area contributed by atoms with Crippen LogP contribution >= 0.6 is 0 Å². The summed E-state index contributed by atoms with van der Waals surface area (Å²) in [5, 5.41) is 0. The molecule has 1 atom stereocenters. The maximum atomic E-state index is 3.95. The summed E-state index contributed by atoms with van der Waals surface area (Å²) >= 11 is 0. The molecule has 1 unspecified atom stereocenters. The molecule has 0 aliphatic carbocycles. The van der Waals surface area contributed by atoms with Gasteiger partial charge < -0.3 is 0 Å². The molecule has 0 amide bonds. The Morgan fingerprint density at radius 3 is 2.47 bits per heavy atom. The van der Waals surface area contributed by atoms with Gasteiger partial charge in [0.25, 0.3) is 0 Å². The molecule has 0 fully saturated rings. The summed E-state index contributed by atoms with van der Waals surface area (Å²) in [7, 11) is 2.25. The Labute approximate surface area is 93.6 Å².